The van der Waals surface area contributed by atoms with Gasteiger partial charge < -0.3 is 9.72 Å². The normalized spacial score (nSPS) is 10.2. The fraction of sp³-hybridized carbons (Fsp3) is 0.143. The van der Waals surface area contributed by atoms with E-state index in [2.05, 4.69) is 4.98 Å². The van der Waals surface area contributed by atoms with E-state index in [-0.39, 0.29) is 18.1 Å². The third-order valence-electron chi connectivity index (χ3n) is 2.59. The number of esters is 1. The first-order valence-electron chi connectivity index (χ1n) is 5.67. The van der Waals surface area contributed by atoms with Gasteiger partial charge in [-0.15, -0.1) is 0 Å². The van der Waals surface area contributed by atoms with Crippen molar-refractivity contribution in [2.45, 2.75) is 13.5 Å². The number of aromatic nitrogens is 1. The van der Waals surface area contributed by atoms with Gasteiger partial charge in [-0.05, 0) is 30.7 Å². The number of carbonyl (C=O) groups excluding carboxylic acids is 2. The molecule has 1 aromatic carbocycles. The lowest BCUT2D eigenvalue weighted by atomic mass is 10.2. The van der Waals surface area contributed by atoms with E-state index < -0.39 is 5.97 Å². The van der Waals surface area contributed by atoms with Gasteiger partial charge in [-0.2, -0.15) is 0 Å². The van der Waals surface area contributed by atoms with E-state index in [1.807, 2.05) is 0 Å². The quantitative estimate of drug-likeness (QED) is 0.689. The van der Waals surface area contributed by atoms with Crippen molar-refractivity contribution in [3.05, 3.63) is 58.4 Å². The molecule has 5 heteroatoms. The lowest BCUT2D eigenvalue weighted by molar-refractivity contribution is 0.0466. The molecule has 0 amide bonds. The van der Waals surface area contributed by atoms with Crippen LogP contribution in [0.15, 0.2) is 36.5 Å². The topological polar surface area (TPSA) is 59.2 Å². The van der Waals surface area contributed by atoms with Gasteiger partial charge in [0.1, 0.15) is 12.3 Å². The van der Waals surface area contributed by atoms with E-state index in [1.165, 1.54) is 19.2 Å². The molecule has 0 aliphatic rings. The summed E-state index contributed by atoms with van der Waals surface area (Å²) in [5.74, 6) is -0.601. The van der Waals surface area contributed by atoms with E-state index in [0.717, 1.165) is 5.56 Å². The van der Waals surface area contributed by atoms with Gasteiger partial charge in [0.05, 0.1) is 0 Å². The number of hydrogen-bond donors (Lipinski definition) is 1. The molecule has 19 heavy (non-hydrogen) atoms. The van der Waals surface area contributed by atoms with Crippen LogP contribution in [-0.4, -0.2) is 16.7 Å². The number of aromatic amines is 1. The summed E-state index contributed by atoms with van der Waals surface area (Å²) in [7, 11) is 0. The largest absolute Gasteiger partial charge is 0.456 e. The Hall–Kier alpha value is -2.07. The maximum atomic E-state index is 11.7. The van der Waals surface area contributed by atoms with Gasteiger partial charge in [0, 0.05) is 16.8 Å². The summed E-state index contributed by atoms with van der Waals surface area (Å²) < 4.78 is 5.12. The van der Waals surface area contributed by atoms with Crippen LogP contribution in [0.4, 0.5) is 0 Å². The zero-order valence-electron chi connectivity index (χ0n) is 10.3. The van der Waals surface area contributed by atoms with Gasteiger partial charge >= 0.3 is 5.97 Å². The predicted octanol–water partition coefficient (Wildman–Crippen LogP) is 3.23. The van der Waals surface area contributed by atoms with Crippen molar-refractivity contribution in [3.63, 3.8) is 0 Å². The molecule has 0 fully saturated rings. The summed E-state index contributed by atoms with van der Waals surface area (Å²) >= 11 is 5.76. The molecule has 4 nitrogen and oxygen atoms in total. The van der Waals surface area contributed by atoms with Crippen LogP contribution >= 0.6 is 11.6 Å². The van der Waals surface area contributed by atoms with Crippen molar-refractivity contribution in [3.8, 4) is 0 Å². The highest BCUT2D eigenvalue weighted by Gasteiger charge is 2.11. The smallest absolute Gasteiger partial charge is 0.355 e. The Morgan fingerprint density at radius 3 is 2.53 bits per heavy atom. The first kappa shape index (κ1) is 13.4. The fourth-order valence-electron chi connectivity index (χ4n) is 1.52. The number of Topliss-reactive ketones (excluding diaryl/α,β-unsaturated/α-hetero) is 1. The van der Waals surface area contributed by atoms with E-state index in [0.29, 0.717) is 10.6 Å². The van der Waals surface area contributed by atoms with Crippen LogP contribution < -0.4 is 0 Å². The van der Waals surface area contributed by atoms with Crippen LogP contribution in [0.5, 0.6) is 0 Å². The lowest BCUT2D eigenvalue weighted by Crippen LogP contribution is -2.05. The molecule has 0 saturated heterocycles. The highest BCUT2D eigenvalue weighted by molar-refractivity contribution is 6.30. The molecule has 2 aromatic rings. The molecule has 1 heterocycles. The molecule has 1 aromatic heterocycles. The van der Waals surface area contributed by atoms with Crippen molar-refractivity contribution in [2.75, 3.05) is 0 Å². The molecule has 0 saturated carbocycles. The Labute approximate surface area is 115 Å². The molecule has 0 unspecified atom stereocenters. The Morgan fingerprint density at radius 1 is 1.26 bits per heavy atom. The number of nitrogens with one attached hydrogen (secondary N) is 1. The maximum absolute atomic E-state index is 11.7. The van der Waals surface area contributed by atoms with Crippen molar-refractivity contribution in [1.82, 2.24) is 4.98 Å². The fourth-order valence-corrected chi connectivity index (χ4v) is 1.65. The highest BCUT2D eigenvalue weighted by atomic mass is 35.5. The van der Waals surface area contributed by atoms with Gasteiger partial charge in [-0.25, -0.2) is 4.79 Å². The SMILES string of the molecule is CC(=O)c1c[nH]c(C(=O)OCc2ccc(Cl)cc2)c1. The zero-order chi connectivity index (χ0) is 13.8. The Balaban J connectivity index is 1.97. The minimum absolute atomic E-state index is 0.104. The molecule has 0 bridgehead atoms. The molecule has 0 atom stereocenters. The summed E-state index contributed by atoms with van der Waals surface area (Å²) in [5, 5.41) is 0.630. The molecule has 1 N–H and O–H groups in total. The van der Waals surface area contributed by atoms with Crippen LogP contribution in [0.2, 0.25) is 5.02 Å². The Kier molecular flexibility index (Phi) is 4.02. The van der Waals surface area contributed by atoms with Crippen molar-refractivity contribution < 1.29 is 14.3 Å². The molecule has 2 rings (SSSR count). The number of hydrogen-bond acceptors (Lipinski definition) is 3. The molecule has 98 valence electrons. The second-order valence-corrected chi connectivity index (χ2v) is 4.50. The lowest BCUT2D eigenvalue weighted by Gasteiger charge is -2.03. The van der Waals surface area contributed by atoms with Crippen LogP contribution in [0, 0.1) is 0 Å². The average Bonchev–Trinajstić information content (AvgIpc) is 2.87. The van der Waals surface area contributed by atoms with Crippen molar-refractivity contribution in [1.29, 1.82) is 0 Å². The van der Waals surface area contributed by atoms with E-state index in [1.54, 1.807) is 24.3 Å². The standard InChI is InChI=1S/C14H12ClNO3/c1-9(17)11-6-13(16-7-11)14(18)19-8-10-2-4-12(15)5-3-10/h2-7,16H,8H2,1H3. The summed E-state index contributed by atoms with van der Waals surface area (Å²) in [6.07, 6.45) is 1.49. The van der Waals surface area contributed by atoms with E-state index in [4.69, 9.17) is 16.3 Å². The number of ketones is 1. The number of rotatable bonds is 4. The molecular weight excluding hydrogens is 266 g/mol. The minimum Gasteiger partial charge on any atom is -0.456 e. The minimum atomic E-state index is -0.498. The predicted molar refractivity (Wildman–Crippen MR) is 71.4 cm³/mol. The van der Waals surface area contributed by atoms with Gasteiger partial charge in [-0.3, -0.25) is 4.79 Å². The number of benzene rings is 1. The van der Waals surface area contributed by atoms with E-state index in [9.17, 15) is 9.59 Å². The zero-order valence-corrected chi connectivity index (χ0v) is 11.0. The Morgan fingerprint density at radius 2 is 1.95 bits per heavy atom. The third kappa shape index (κ3) is 3.45. The maximum Gasteiger partial charge on any atom is 0.355 e. The number of carbonyl (C=O) groups is 2. The average molecular weight is 278 g/mol. The third-order valence-corrected chi connectivity index (χ3v) is 2.84. The van der Waals surface area contributed by atoms with Gasteiger partial charge in [0.2, 0.25) is 0 Å². The number of H-pyrrole nitrogens is 1. The molecule has 0 aliphatic carbocycles. The molecule has 0 aliphatic heterocycles. The van der Waals surface area contributed by atoms with Crippen molar-refractivity contribution in [2.24, 2.45) is 0 Å². The van der Waals surface area contributed by atoms with Crippen LogP contribution in [0.25, 0.3) is 0 Å². The van der Waals surface area contributed by atoms with Crippen LogP contribution in [-0.2, 0) is 11.3 Å². The molecule has 0 radical (unpaired) electrons. The van der Waals surface area contributed by atoms with Crippen LogP contribution in [0.1, 0.15) is 33.3 Å². The van der Waals surface area contributed by atoms with E-state index >= 15 is 0 Å². The second kappa shape index (κ2) is 5.71. The summed E-state index contributed by atoms with van der Waals surface area (Å²) in [6.45, 7) is 1.59. The van der Waals surface area contributed by atoms with Gasteiger partial charge in [0.15, 0.2) is 5.78 Å². The second-order valence-electron chi connectivity index (χ2n) is 4.06. The van der Waals surface area contributed by atoms with Crippen LogP contribution in [0.3, 0.4) is 0 Å². The Bertz CT molecular complexity index is 601. The number of halogens is 1. The monoisotopic (exact) mass is 277 g/mol. The first-order valence-corrected chi connectivity index (χ1v) is 6.05. The molecular formula is C14H12ClNO3. The van der Waals surface area contributed by atoms with Crippen molar-refractivity contribution >= 4 is 23.4 Å². The molecule has 0 spiro atoms. The van der Waals surface area contributed by atoms with Gasteiger partial charge in [-0.1, -0.05) is 23.7 Å². The number of ether oxygens (including phenoxy) is 1. The summed E-state index contributed by atoms with van der Waals surface area (Å²) in [4.78, 5) is 25.6. The van der Waals surface area contributed by atoms with Gasteiger partial charge in [0.25, 0.3) is 0 Å². The highest BCUT2D eigenvalue weighted by Crippen LogP contribution is 2.12. The first-order chi connectivity index (χ1) is 9.06. The summed E-state index contributed by atoms with van der Waals surface area (Å²) in [6, 6.07) is 8.50. The summed E-state index contributed by atoms with van der Waals surface area (Å²) in [5.41, 5.74) is 1.56.